The first kappa shape index (κ1) is 20.5. The van der Waals surface area contributed by atoms with Gasteiger partial charge in [-0.3, -0.25) is 9.69 Å². The Kier molecular flexibility index (Phi) is 4.32. The number of alkyl halides is 1. The summed E-state index contributed by atoms with van der Waals surface area (Å²) in [5.41, 5.74) is 1.20. The minimum absolute atomic E-state index is 0.00508. The van der Waals surface area contributed by atoms with Crippen LogP contribution in [0.5, 0.6) is 0 Å². The number of nitriles is 1. The molecule has 0 aliphatic carbocycles. The van der Waals surface area contributed by atoms with E-state index in [0.717, 1.165) is 11.3 Å². The lowest BCUT2D eigenvalue weighted by Crippen LogP contribution is -2.59. The molecule has 4 aliphatic rings. The zero-order chi connectivity index (χ0) is 23.0. The van der Waals surface area contributed by atoms with E-state index in [0.29, 0.717) is 36.7 Å². The van der Waals surface area contributed by atoms with Gasteiger partial charge in [-0.15, -0.1) is 0 Å². The molecule has 4 fully saturated rings. The van der Waals surface area contributed by atoms with Crippen LogP contribution in [-0.2, 0) is 20.9 Å². The number of amides is 1. The summed E-state index contributed by atoms with van der Waals surface area (Å²) in [5.74, 6) is -0.118. The van der Waals surface area contributed by atoms with Crippen molar-refractivity contribution in [2.45, 2.75) is 56.8 Å². The predicted molar refractivity (Wildman–Crippen MR) is 116 cm³/mol. The van der Waals surface area contributed by atoms with Gasteiger partial charge in [-0.2, -0.15) is 5.26 Å². The van der Waals surface area contributed by atoms with Gasteiger partial charge >= 0.3 is 0 Å². The number of ether oxygens (including phenoxy) is 2. The molecule has 1 aromatic carbocycles. The van der Waals surface area contributed by atoms with Crippen LogP contribution >= 0.6 is 0 Å². The van der Waals surface area contributed by atoms with E-state index in [1.54, 1.807) is 23.2 Å². The van der Waals surface area contributed by atoms with Gasteiger partial charge < -0.3 is 14.8 Å². The molecule has 33 heavy (non-hydrogen) atoms. The summed E-state index contributed by atoms with van der Waals surface area (Å²) in [5, 5.41) is 12.7. The van der Waals surface area contributed by atoms with Crippen LogP contribution in [0.3, 0.4) is 0 Å². The number of nitrogens with one attached hydrogen (secondary N) is 1. The molecule has 1 amide bonds. The van der Waals surface area contributed by atoms with Gasteiger partial charge in [-0.25, -0.2) is 14.4 Å². The maximum absolute atomic E-state index is 13.8. The number of halogens is 1. The lowest BCUT2D eigenvalue weighted by atomic mass is 9.64. The molecule has 0 unspecified atom stereocenters. The molecule has 5 heterocycles. The number of carbonyl (C=O) groups excluding carboxylic acids is 1. The van der Waals surface area contributed by atoms with Crippen LogP contribution in [0, 0.1) is 30.1 Å². The van der Waals surface area contributed by atoms with Crippen LogP contribution < -0.4 is 10.2 Å². The number of nitrogens with zero attached hydrogens (tertiary/aromatic N) is 4. The Hall–Kier alpha value is -3.09. The predicted octanol–water partition coefficient (Wildman–Crippen LogP) is 2.86. The van der Waals surface area contributed by atoms with Crippen molar-refractivity contribution < 1.29 is 18.7 Å². The number of hydrogen-bond donors (Lipinski definition) is 1. The standard InChI is InChI=1S/C24H24FN5O3/c1-13-9-16(4-3-14(13)12-26)30-20(31)18-19-21(30)32-8-6-24(19)17(10-23(18,2)33-24)29-22-27-7-5-15(11-25)28-22/h3-5,7,9,17-19,21H,6,8,10-11H2,1-2H3,(H,27,28,29)/t17-,18+,19-,21-,23+,24-/m0/s1. The van der Waals surface area contributed by atoms with Crippen LogP contribution in [0.1, 0.15) is 36.6 Å². The number of rotatable bonds is 4. The molecule has 2 bridgehead atoms. The highest BCUT2D eigenvalue weighted by atomic mass is 19.1. The quantitative estimate of drug-likeness (QED) is 0.766. The second kappa shape index (κ2) is 6.95. The van der Waals surface area contributed by atoms with E-state index < -0.39 is 24.1 Å². The Bertz CT molecular complexity index is 1200. The van der Waals surface area contributed by atoms with E-state index in [4.69, 9.17) is 9.47 Å². The first-order chi connectivity index (χ1) is 15.9. The fourth-order valence-electron chi connectivity index (χ4n) is 6.51. The minimum Gasteiger partial charge on any atom is -0.365 e. The Morgan fingerprint density at radius 1 is 1.39 bits per heavy atom. The van der Waals surface area contributed by atoms with Crippen LogP contribution in [-0.4, -0.2) is 46.0 Å². The van der Waals surface area contributed by atoms with Gasteiger partial charge in [-0.1, -0.05) is 0 Å². The van der Waals surface area contributed by atoms with Crippen molar-refractivity contribution in [1.82, 2.24) is 9.97 Å². The molecule has 4 saturated heterocycles. The summed E-state index contributed by atoms with van der Waals surface area (Å²) in [6, 6.07) is 9.04. The van der Waals surface area contributed by atoms with E-state index in [-0.39, 0.29) is 23.8 Å². The lowest BCUT2D eigenvalue weighted by Gasteiger charge is -2.45. The summed E-state index contributed by atoms with van der Waals surface area (Å²) >= 11 is 0. The largest absolute Gasteiger partial charge is 0.365 e. The number of carbonyl (C=O) groups is 1. The number of aromatic nitrogens is 2. The van der Waals surface area contributed by atoms with Gasteiger partial charge in [0.15, 0.2) is 0 Å². The zero-order valence-electron chi connectivity index (χ0n) is 18.4. The molecule has 8 nitrogen and oxygen atoms in total. The molecule has 1 spiro atoms. The van der Waals surface area contributed by atoms with E-state index >= 15 is 0 Å². The maximum atomic E-state index is 13.8. The third kappa shape index (κ3) is 2.71. The number of aryl methyl sites for hydroxylation is 1. The summed E-state index contributed by atoms with van der Waals surface area (Å²) in [6.07, 6.45) is 2.36. The van der Waals surface area contributed by atoms with E-state index in [1.807, 2.05) is 26.0 Å². The Balaban J connectivity index is 1.37. The molecule has 9 heteroatoms. The van der Waals surface area contributed by atoms with Crippen molar-refractivity contribution in [3.8, 4) is 6.07 Å². The normalized spacial score (nSPS) is 36.1. The fourth-order valence-corrected chi connectivity index (χ4v) is 6.51. The van der Waals surface area contributed by atoms with E-state index in [2.05, 4.69) is 21.4 Å². The van der Waals surface area contributed by atoms with Crippen LogP contribution in [0.25, 0.3) is 0 Å². The molecule has 0 saturated carbocycles. The molecule has 0 radical (unpaired) electrons. The number of hydrogen-bond acceptors (Lipinski definition) is 7. The first-order valence-corrected chi connectivity index (χ1v) is 11.2. The van der Waals surface area contributed by atoms with Gasteiger partial charge in [0.25, 0.3) is 0 Å². The minimum atomic E-state index is -0.657. The zero-order valence-corrected chi connectivity index (χ0v) is 18.4. The highest BCUT2D eigenvalue weighted by molar-refractivity contribution is 6.00. The van der Waals surface area contributed by atoms with Crippen molar-refractivity contribution in [3.63, 3.8) is 0 Å². The smallest absolute Gasteiger partial charge is 0.235 e. The van der Waals surface area contributed by atoms with E-state index in [9.17, 15) is 14.4 Å². The molecule has 4 aliphatic heterocycles. The number of fused-ring (bicyclic) bond motifs is 2. The van der Waals surface area contributed by atoms with Crippen molar-refractivity contribution in [1.29, 1.82) is 5.26 Å². The number of anilines is 2. The average Bonchev–Trinajstić information content (AvgIpc) is 3.37. The Labute approximate surface area is 190 Å². The van der Waals surface area contributed by atoms with Crippen LogP contribution in [0.15, 0.2) is 30.5 Å². The second-order valence-electron chi connectivity index (χ2n) is 9.61. The van der Waals surface area contributed by atoms with Gasteiger partial charge in [0.2, 0.25) is 11.9 Å². The topological polar surface area (TPSA) is 100 Å². The van der Waals surface area contributed by atoms with Gasteiger partial charge in [-0.05, 0) is 50.1 Å². The second-order valence-corrected chi connectivity index (χ2v) is 9.61. The van der Waals surface area contributed by atoms with Crippen molar-refractivity contribution >= 4 is 17.5 Å². The number of benzene rings is 1. The monoisotopic (exact) mass is 449 g/mol. The fraction of sp³-hybridized carbons (Fsp3) is 0.500. The van der Waals surface area contributed by atoms with Crippen molar-refractivity contribution in [2.24, 2.45) is 11.8 Å². The summed E-state index contributed by atoms with van der Waals surface area (Å²) in [6.45, 7) is 3.66. The van der Waals surface area contributed by atoms with Gasteiger partial charge in [0.1, 0.15) is 12.9 Å². The average molecular weight is 449 g/mol. The van der Waals surface area contributed by atoms with Crippen LogP contribution in [0.4, 0.5) is 16.0 Å². The summed E-state index contributed by atoms with van der Waals surface area (Å²) < 4.78 is 26.0. The van der Waals surface area contributed by atoms with Gasteiger partial charge in [0.05, 0.1) is 53.0 Å². The van der Waals surface area contributed by atoms with Gasteiger partial charge in [0, 0.05) is 18.3 Å². The SMILES string of the molecule is Cc1cc(N2C(=O)[C@H]3[C@H]4[C@@H]2OCC[C@@]42O[C@]3(C)C[C@@H]2Nc2nccc(CF)n2)ccc1C#N. The molecule has 6 rings (SSSR count). The highest BCUT2D eigenvalue weighted by Gasteiger charge is 2.78. The summed E-state index contributed by atoms with van der Waals surface area (Å²) in [7, 11) is 0. The summed E-state index contributed by atoms with van der Waals surface area (Å²) in [4.78, 5) is 24.0. The van der Waals surface area contributed by atoms with E-state index in [1.165, 1.54) is 0 Å². The molecule has 1 N–H and O–H groups in total. The van der Waals surface area contributed by atoms with Crippen molar-refractivity contribution in [2.75, 3.05) is 16.8 Å². The third-order valence-corrected chi connectivity index (χ3v) is 7.81. The highest BCUT2D eigenvalue weighted by Crippen LogP contribution is 2.65. The molecule has 6 atom stereocenters. The first-order valence-electron chi connectivity index (χ1n) is 11.2. The van der Waals surface area contributed by atoms with Crippen LogP contribution in [0.2, 0.25) is 0 Å². The lowest BCUT2D eigenvalue weighted by molar-refractivity contribution is -0.141. The molecule has 170 valence electrons. The third-order valence-electron chi connectivity index (χ3n) is 7.81. The van der Waals surface area contributed by atoms with Crippen molar-refractivity contribution in [3.05, 3.63) is 47.3 Å². The molecular formula is C24H24FN5O3. The molecule has 2 aromatic rings. The Morgan fingerprint density at radius 3 is 3.00 bits per heavy atom. The molecule has 1 aromatic heterocycles. The molecular weight excluding hydrogens is 425 g/mol. The Morgan fingerprint density at radius 2 is 2.24 bits per heavy atom. The maximum Gasteiger partial charge on any atom is 0.235 e.